The lowest BCUT2D eigenvalue weighted by Crippen LogP contribution is -2.41. The summed E-state index contributed by atoms with van der Waals surface area (Å²) in [5.41, 5.74) is 0.812. The lowest BCUT2D eigenvalue weighted by Gasteiger charge is -2.32. The Morgan fingerprint density at radius 3 is 2.52 bits per heavy atom. The van der Waals surface area contributed by atoms with E-state index in [9.17, 15) is 13.2 Å². The largest absolute Gasteiger partial charge is 0.490 e. The van der Waals surface area contributed by atoms with E-state index in [4.69, 9.17) is 9.47 Å². The van der Waals surface area contributed by atoms with E-state index in [-0.39, 0.29) is 16.5 Å². The average Bonchev–Trinajstić information content (AvgIpc) is 2.76. The van der Waals surface area contributed by atoms with Crippen molar-refractivity contribution in [1.29, 1.82) is 0 Å². The van der Waals surface area contributed by atoms with Crippen molar-refractivity contribution in [3.8, 4) is 11.5 Å². The average molecular weight is 447 g/mol. The zero-order valence-electron chi connectivity index (χ0n) is 18.3. The van der Waals surface area contributed by atoms with Crippen LogP contribution in [0.4, 0.5) is 5.69 Å². The van der Waals surface area contributed by atoms with Crippen LogP contribution in [0, 0.1) is 0 Å². The molecule has 0 spiro atoms. The van der Waals surface area contributed by atoms with Crippen LogP contribution in [0.2, 0.25) is 0 Å². The summed E-state index contributed by atoms with van der Waals surface area (Å²) in [5.74, 6) is 0.749. The van der Waals surface area contributed by atoms with Crippen molar-refractivity contribution in [3.05, 3.63) is 48.0 Å². The third kappa shape index (κ3) is 5.37. The summed E-state index contributed by atoms with van der Waals surface area (Å²) in [7, 11) is -3.65. The molecule has 0 radical (unpaired) electrons. The zero-order valence-corrected chi connectivity index (χ0v) is 19.1. The number of anilines is 1. The normalized spacial score (nSPS) is 17.2. The van der Waals surface area contributed by atoms with E-state index in [1.807, 2.05) is 20.8 Å². The molecular weight excluding hydrogens is 416 g/mol. The quantitative estimate of drug-likeness (QED) is 0.654. The molecule has 0 aliphatic carbocycles. The molecule has 1 heterocycles. The van der Waals surface area contributed by atoms with Gasteiger partial charge in [-0.15, -0.1) is 0 Å². The number of sulfonamides is 1. The Hall–Kier alpha value is -2.58. The number of hydrogen-bond acceptors (Lipinski definition) is 5. The number of rotatable bonds is 8. The second-order valence-electron chi connectivity index (χ2n) is 7.47. The Labute approximate surface area is 184 Å². The van der Waals surface area contributed by atoms with Crippen LogP contribution in [-0.4, -0.2) is 44.4 Å². The van der Waals surface area contributed by atoms with Gasteiger partial charge < -0.3 is 14.8 Å². The minimum absolute atomic E-state index is 0.0444. The first-order valence-electron chi connectivity index (χ1n) is 10.7. The maximum atomic E-state index is 13.1. The van der Waals surface area contributed by atoms with Crippen LogP contribution in [0.15, 0.2) is 47.4 Å². The number of ether oxygens (including phenoxy) is 2. The van der Waals surface area contributed by atoms with Crippen molar-refractivity contribution in [2.45, 2.75) is 51.0 Å². The number of amides is 1. The SMILES string of the molecule is CCOc1ccc(NC(=O)c2cccc(S(=O)(=O)N3CCCCC3C)c2)cc1OCC. The Morgan fingerprint density at radius 1 is 1.06 bits per heavy atom. The van der Waals surface area contributed by atoms with Gasteiger partial charge in [-0.2, -0.15) is 4.31 Å². The Kier molecular flexibility index (Phi) is 7.56. The fourth-order valence-electron chi connectivity index (χ4n) is 3.69. The zero-order chi connectivity index (χ0) is 22.4. The molecule has 2 aromatic carbocycles. The molecule has 0 bridgehead atoms. The van der Waals surface area contributed by atoms with Gasteiger partial charge in [0, 0.05) is 29.9 Å². The molecule has 8 heteroatoms. The summed E-state index contributed by atoms with van der Waals surface area (Å²) in [6, 6.07) is 11.3. The predicted octanol–water partition coefficient (Wildman–Crippen LogP) is 4.30. The van der Waals surface area contributed by atoms with Crippen LogP contribution in [0.5, 0.6) is 11.5 Å². The number of nitrogens with zero attached hydrogens (tertiary/aromatic N) is 1. The minimum Gasteiger partial charge on any atom is -0.490 e. The minimum atomic E-state index is -3.65. The standard InChI is InChI=1S/C23H30N2O5S/c1-4-29-21-13-12-19(16-22(21)30-5-2)24-23(26)18-10-8-11-20(15-18)31(27,28)25-14-7-6-9-17(25)3/h8,10-13,15-17H,4-7,9,14H2,1-3H3,(H,24,26). The number of nitrogens with one attached hydrogen (secondary N) is 1. The molecule has 1 fully saturated rings. The Bertz CT molecular complexity index is 1020. The summed E-state index contributed by atoms with van der Waals surface area (Å²) in [6.45, 7) is 7.16. The van der Waals surface area contributed by atoms with Gasteiger partial charge in [0.1, 0.15) is 0 Å². The maximum absolute atomic E-state index is 13.1. The molecule has 1 saturated heterocycles. The van der Waals surface area contributed by atoms with E-state index in [0.29, 0.717) is 36.9 Å². The molecule has 168 valence electrons. The van der Waals surface area contributed by atoms with Crippen molar-refractivity contribution in [3.63, 3.8) is 0 Å². The van der Waals surface area contributed by atoms with E-state index >= 15 is 0 Å². The number of benzene rings is 2. The van der Waals surface area contributed by atoms with Crippen LogP contribution in [0.3, 0.4) is 0 Å². The highest BCUT2D eigenvalue weighted by Crippen LogP contribution is 2.31. The van der Waals surface area contributed by atoms with E-state index in [1.54, 1.807) is 30.3 Å². The summed E-state index contributed by atoms with van der Waals surface area (Å²) in [5, 5.41) is 2.81. The number of carbonyl (C=O) groups is 1. The highest BCUT2D eigenvalue weighted by Gasteiger charge is 2.31. The van der Waals surface area contributed by atoms with Crippen molar-refractivity contribution < 1.29 is 22.7 Å². The molecule has 1 aliphatic heterocycles. The maximum Gasteiger partial charge on any atom is 0.255 e. The van der Waals surface area contributed by atoms with Crippen molar-refractivity contribution in [1.82, 2.24) is 4.31 Å². The molecule has 1 amide bonds. The molecule has 7 nitrogen and oxygen atoms in total. The van der Waals surface area contributed by atoms with Gasteiger partial charge in [0.2, 0.25) is 10.0 Å². The summed E-state index contributed by atoms with van der Waals surface area (Å²) in [4.78, 5) is 13.0. The van der Waals surface area contributed by atoms with Gasteiger partial charge in [0.05, 0.1) is 18.1 Å². The Balaban J connectivity index is 1.81. The third-order valence-electron chi connectivity index (χ3n) is 5.25. The number of piperidine rings is 1. The van der Waals surface area contributed by atoms with Crippen LogP contribution >= 0.6 is 0 Å². The van der Waals surface area contributed by atoms with Crippen molar-refractivity contribution in [2.75, 3.05) is 25.1 Å². The van der Waals surface area contributed by atoms with Crippen LogP contribution in [0.25, 0.3) is 0 Å². The van der Waals surface area contributed by atoms with Gasteiger partial charge in [-0.1, -0.05) is 12.5 Å². The van der Waals surface area contributed by atoms with E-state index < -0.39 is 15.9 Å². The van der Waals surface area contributed by atoms with E-state index in [2.05, 4.69) is 5.32 Å². The van der Waals surface area contributed by atoms with E-state index in [1.165, 1.54) is 16.4 Å². The lowest BCUT2D eigenvalue weighted by molar-refractivity contribution is 0.102. The molecule has 1 unspecified atom stereocenters. The first-order valence-corrected chi connectivity index (χ1v) is 12.1. The van der Waals surface area contributed by atoms with Gasteiger partial charge in [-0.25, -0.2) is 8.42 Å². The molecule has 1 N–H and O–H groups in total. The fraction of sp³-hybridized carbons (Fsp3) is 0.435. The first kappa shape index (κ1) is 23.1. The first-order chi connectivity index (χ1) is 14.9. The smallest absolute Gasteiger partial charge is 0.255 e. The number of carbonyl (C=O) groups excluding carboxylic acids is 1. The van der Waals surface area contributed by atoms with Gasteiger partial charge >= 0.3 is 0 Å². The van der Waals surface area contributed by atoms with Gasteiger partial charge in [-0.3, -0.25) is 4.79 Å². The topological polar surface area (TPSA) is 84.9 Å². The lowest BCUT2D eigenvalue weighted by atomic mass is 10.1. The second kappa shape index (κ2) is 10.2. The molecule has 2 aromatic rings. The number of hydrogen-bond donors (Lipinski definition) is 1. The molecule has 0 aromatic heterocycles. The third-order valence-corrected chi connectivity index (χ3v) is 7.26. The predicted molar refractivity (Wildman–Crippen MR) is 120 cm³/mol. The van der Waals surface area contributed by atoms with Crippen molar-refractivity contribution in [2.24, 2.45) is 0 Å². The van der Waals surface area contributed by atoms with Crippen LogP contribution in [-0.2, 0) is 10.0 Å². The summed E-state index contributed by atoms with van der Waals surface area (Å²) in [6.07, 6.45) is 2.73. The van der Waals surface area contributed by atoms with Crippen LogP contribution in [0.1, 0.15) is 50.4 Å². The fourth-order valence-corrected chi connectivity index (χ4v) is 5.44. The summed E-state index contributed by atoms with van der Waals surface area (Å²) < 4.78 is 38.9. The van der Waals surface area contributed by atoms with Gasteiger partial charge in [-0.05, 0) is 63.9 Å². The second-order valence-corrected chi connectivity index (χ2v) is 9.36. The van der Waals surface area contributed by atoms with E-state index in [0.717, 1.165) is 19.3 Å². The monoisotopic (exact) mass is 446 g/mol. The molecule has 1 atom stereocenters. The molecule has 0 saturated carbocycles. The highest BCUT2D eigenvalue weighted by atomic mass is 32.2. The molecule has 3 rings (SSSR count). The Morgan fingerprint density at radius 2 is 1.81 bits per heavy atom. The summed E-state index contributed by atoms with van der Waals surface area (Å²) >= 11 is 0. The van der Waals surface area contributed by atoms with Gasteiger partial charge in [0.15, 0.2) is 11.5 Å². The molecular formula is C23H30N2O5S. The molecule has 1 aliphatic rings. The van der Waals surface area contributed by atoms with Gasteiger partial charge in [0.25, 0.3) is 5.91 Å². The van der Waals surface area contributed by atoms with Crippen LogP contribution < -0.4 is 14.8 Å². The van der Waals surface area contributed by atoms with Crippen molar-refractivity contribution >= 4 is 21.6 Å². The molecule has 31 heavy (non-hydrogen) atoms. The highest BCUT2D eigenvalue weighted by molar-refractivity contribution is 7.89.